The molecule has 6 unspecified atom stereocenters. The number of rotatable bonds is 9. The van der Waals surface area contributed by atoms with Crippen LogP contribution in [0.3, 0.4) is 0 Å². The van der Waals surface area contributed by atoms with Gasteiger partial charge in [0, 0.05) is 0 Å². The number of hydrogen-bond acceptors (Lipinski definition) is 0. The van der Waals surface area contributed by atoms with Gasteiger partial charge in [-0.15, -0.1) is 0 Å². The number of unbranched alkanes of at least 4 members (excludes halogenated alkanes) is 2. The molecule has 0 aromatic carbocycles. The van der Waals surface area contributed by atoms with Crippen LogP contribution < -0.4 is 0 Å². The molecule has 0 aromatic rings. The van der Waals surface area contributed by atoms with E-state index in [1.165, 1.54) is 70.6 Å². The average Bonchev–Trinajstić information content (AvgIpc) is 2.85. The molecule has 0 aliphatic heterocycles. The maximum absolute atomic E-state index is 2.68. The molecule has 2 aliphatic rings. The molecule has 0 radical (unpaired) electrons. The second kappa shape index (κ2) is 8.91. The minimum absolute atomic E-state index is 0.693. The Morgan fingerprint density at radius 3 is 2.43 bits per heavy atom. The van der Waals surface area contributed by atoms with Crippen molar-refractivity contribution in [3.8, 4) is 0 Å². The molecule has 6 atom stereocenters. The Balaban J connectivity index is 1.90. The molecule has 2 fully saturated rings. The zero-order chi connectivity index (χ0) is 16.9. The summed E-state index contributed by atoms with van der Waals surface area (Å²) in [5.41, 5.74) is 0.693. The largest absolute Gasteiger partial charge is 0.0654 e. The van der Waals surface area contributed by atoms with Crippen LogP contribution in [-0.4, -0.2) is 0 Å². The van der Waals surface area contributed by atoms with Gasteiger partial charge in [0.1, 0.15) is 0 Å². The normalized spacial score (nSPS) is 38.5. The summed E-state index contributed by atoms with van der Waals surface area (Å²) in [7, 11) is 0. The summed E-state index contributed by atoms with van der Waals surface area (Å²) in [5.74, 6) is 5.05. The van der Waals surface area contributed by atoms with Crippen LogP contribution in [0, 0.1) is 35.0 Å². The summed E-state index contributed by atoms with van der Waals surface area (Å²) in [6.07, 6.45) is 17.7. The lowest BCUT2D eigenvalue weighted by Gasteiger charge is -2.48. The van der Waals surface area contributed by atoms with Crippen LogP contribution in [0.5, 0.6) is 0 Å². The highest BCUT2D eigenvalue weighted by Gasteiger charge is 2.51. The minimum atomic E-state index is 0.693. The van der Waals surface area contributed by atoms with E-state index in [1.807, 2.05) is 0 Å². The highest BCUT2D eigenvalue weighted by atomic mass is 14.6. The molecule has 0 spiro atoms. The van der Waals surface area contributed by atoms with Crippen LogP contribution in [0.25, 0.3) is 0 Å². The van der Waals surface area contributed by atoms with Gasteiger partial charge in [-0.05, 0) is 67.1 Å². The molecule has 0 heterocycles. The quantitative estimate of drug-likeness (QED) is 0.379. The van der Waals surface area contributed by atoms with Crippen molar-refractivity contribution in [2.75, 3.05) is 0 Å². The lowest BCUT2D eigenvalue weighted by atomic mass is 9.57. The first-order valence-electron chi connectivity index (χ1n) is 11.0. The first-order valence-corrected chi connectivity index (χ1v) is 11.0. The fraction of sp³-hybridized carbons (Fsp3) is 1.00. The third kappa shape index (κ3) is 4.55. The van der Waals surface area contributed by atoms with Crippen molar-refractivity contribution in [1.82, 2.24) is 0 Å². The highest BCUT2D eigenvalue weighted by molar-refractivity contribution is 5.01. The Labute approximate surface area is 147 Å². The summed E-state index contributed by atoms with van der Waals surface area (Å²) >= 11 is 0. The van der Waals surface area contributed by atoms with Crippen molar-refractivity contribution in [3.05, 3.63) is 0 Å². The van der Waals surface area contributed by atoms with Crippen LogP contribution in [0.15, 0.2) is 0 Å². The standard InChI is InChI=1S/C23H44/c1-6-8-9-11-18(3)12-14-21-19(4)16-17-23(5)20(10-7-2)13-15-22(21)23/h18-22H,6-17H2,1-5H3. The second-order valence-corrected chi connectivity index (χ2v) is 9.53. The number of fused-ring (bicyclic) bond motifs is 1. The van der Waals surface area contributed by atoms with Crippen molar-refractivity contribution in [2.24, 2.45) is 35.0 Å². The van der Waals surface area contributed by atoms with E-state index >= 15 is 0 Å². The van der Waals surface area contributed by atoms with Gasteiger partial charge in [-0.1, -0.05) is 79.6 Å². The molecular formula is C23H44. The fourth-order valence-corrected chi connectivity index (χ4v) is 6.26. The zero-order valence-corrected chi connectivity index (χ0v) is 16.9. The van der Waals surface area contributed by atoms with Crippen molar-refractivity contribution in [2.45, 2.75) is 112 Å². The molecule has 2 saturated carbocycles. The van der Waals surface area contributed by atoms with Gasteiger partial charge >= 0.3 is 0 Å². The first kappa shape index (κ1) is 19.3. The SMILES string of the molecule is CCCCCC(C)CCC1C(C)CCC2(C)C(CCC)CCC12. The molecular weight excluding hydrogens is 276 g/mol. The van der Waals surface area contributed by atoms with Crippen molar-refractivity contribution < 1.29 is 0 Å². The van der Waals surface area contributed by atoms with E-state index in [0.717, 1.165) is 29.6 Å². The molecule has 0 aromatic heterocycles. The Morgan fingerprint density at radius 2 is 1.74 bits per heavy atom. The maximum Gasteiger partial charge on any atom is -0.0266 e. The highest BCUT2D eigenvalue weighted by Crippen LogP contribution is 2.60. The van der Waals surface area contributed by atoms with E-state index in [1.54, 1.807) is 6.42 Å². The number of hydrogen-bond donors (Lipinski definition) is 0. The van der Waals surface area contributed by atoms with E-state index in [2.05, 4.69) is 34.6 Å². The Kier molecular flexibility index (Phi) is 7.49. The van der Waals surface area contributed by atoms with Crippen LogP contribution in [0.1, 0.15) is 112 Å². The summed E-state index contributed by atoms with van der Waals surface area (Å²) < 4.78 is 0. The Hall–Kier alpha value is 0. The molecule has 0 heteroatoms. The molecule has 136 valence electrons. The first-order chi connectivity index (χ1) is 11.0. The van der Waals surface area contributed by atoms with E-state index in [4.69, 9.17) is 0 Å². The predicted octanol–water partition coefficient (Wildman–Crippen LogP) is 7.86. The van der Waals surface area contributed by atoms with Gasteiger partial charge in [-0.2, -0.15) is 0 Å². The van der Waals surface area contributed by atoms with Crippen LogP contribution in [-0.2, 0) is 0 Å². The third-order valence-electron chi connectivity index (χ3n) is 7.92. The van der Waals surface area contributed by atoms with Crippen LogP contribution in [0.4, 0.5) is 0 Å². The molecule has 0 N–H and O–H groups in total. The minimum Gasteiger partial charge on any atom is -0.0654 e. The van der Waals surface area contributed by atoms with E-state index in [0.29, 0.717) is 5.41 Å². The average molecular weight is 321 g/mol. The van der Waals surface area contributed by atoms with Crippen LogP contribution in [0.2, 0.25) is 0 Å². The summed E-state index contributed by atoms with van der Waals surface area (Å²) in [5, 5.41) is 0. The van der Waals surface area contributed by atoms with Gasteiger partial charge in [0.2, 0.25) is 0 Å². The summed E-state index contributed by atoms with van der Waals surface area (Å²) in [6.45, 7) is 12.5. The maximum atomic E-state index is 2.68. The van der Waals surface area contributed by atoms with E-state index in [9.17, 15) is 0 Å². The Bertz CT molecular complexity index is 333. The summed E-state index contributed by atoms with van der Waals surface area (Å²) in [6, 6.07) is 0. The van der Waals surface area contributed by atoms with Gasteiger partial charge in [-0.25, -0.2) is 0 Å². The second-order valence-electron chi connectivity index (χ2n) is 9.53. The van der Waals surface area contributed by atoms with Gasteiger partial charge in [-0.3, -0.25) is 0 Å². The van der Waals surface area contributed by atoms with Gasteiger partial charge in [0.25, 0.3) is 0 Å². The topological polar surface area (TPSA) is 0 Å². The summed E-state index contributed by atoms with van der Waals surface area (Å²) in [4.78, 5) is 0. The monoisotopic (exact) mass is 320 g/mol. The van der Waals surface area contributed by atoms with Gasteiger partial charge in [0.15, 0.2) is 0 Å². The Morgan fingerprint density at radius 1 is 0.957 bits per heavy atom. The molecule has 0 saturated heterocycles. The van der Waals surface area contributed by atoms with Gasteiger partial charge in [0.05, 0.1) is 0 Å². The smallest absolute Gasteiger partial charge is 0.0266 e. The van der Waals surface area contributed by atoms with Crippen molar-refractivity contribution in [1.29, 1.82) is 0 Å². The zero-order valence-electron chi connectivity index (χ0n) is 16.9. The van der Waals surface area contributed by atoms with E-state index in [-0.39, 0.29) is 0 Å². The molecule has 0 nitrogen and oxygen atoms in total. The third-order valence-corrected chi connectivity index (χ3v) is 7.92. The molecule has 0 amide bonds. The molecule has 2 rings (SSSR count). The van der Waals surface area contributed by atoms with E-state index < -0.39 is 0 Å². The lowest BCUT2D eigenvalue weighted by Crippen LogP contribution is -2.40. The molecule has 23 heavy (non-hydrogen) atoms. The van der Waals surface area contributed by atoms with Crippen molar-refractivity contribution in [3.63, 3.8) is 0 Å². The lowest BCUT2D eigenvalue weighted by molar-refractivity contribution is 0.00902. The molecule has 2 aliphatic carbocycles. The fourth-order valence-electron chi connectivity index (χ4n) is 6.26. The van der Waals surface area contributed by atoms with Crippen LogP contribution >= 0.6 is 0 Å². The van der Waals surface area contributed by atoms with Gasteiger partial charge < -0.3 is 0 Å². The predicted molar refractivity (Wildman–Crippen MR) is 104 cm³/mol. The molecule has 0 bridgehead atoms. The van der Waals surface area contributed by atoms with Crippen molar-refractivity contribution >= 4 is 0 Å².